The predicted octanol–water partition coefficient (Wildman–Crippen LogP) is 5.54. The second kappa shape index (κ2) is 11.5. The zero-order chi connectivity index (χ0) is 31.9. The van der Waals surface area contributed by atoms with Crippen LogP contribution in [0.4, 0.5) is 10.5 Å². The number of hydrogen-bond acceptors (Lipinski definition) is 6. The van der Waals surface area contributed by atoms with E-state index >= 15 is 0 Å². The summed E-state index contributed by atoms with van der Waals surface area (Å²) in [5, 5.41) is 12.9. The molecule has 0 unspecified atom stereocenters. The molecule has 0 atom stereocenters. The number of nitrogens with one attached hydrogen (secondary N) is 2. The largest absolute Gasteiger partial charge is 0.479 e. The molecule has 228 valence electrons. The standard InChI is InChI=1S/C31H34ClN3O7S/c1-18-12-22(21-8-7-9-23(15-21)34-43(40,41)26-14-19(2)25(32)13-20(26)3)10-11-24(18)27(36)33-31(28(37)38)16-35(17-31)29(39)42-30(4,5)6/h7-15,34H,16-17H2,1-6H3,(H,33,36)(H,37,38). The molecule has 0 aromatic heterocycles. The van der Waals surface area contributed by atoms with Gasteiger partial charge in [-0.05, 0) is 99.7 Å². The van der Waals surface area contributed by atoms with Crippen LogP contribution in [0.25, 0.3) is 11.1 Å². The van der Waals surface area contributed by atoms with Crippen LogP contribution in [-0.2, 0) is 19.6 Å². The Morgan fingerprint density at radius 2 is 1.58 bits per heavy atom. The minimum absolute atomic E-state index is 0.130. The number of likely N-dealkylation sites (tertiary alicyclic amines) is 1. The molecule has 0 radical (unpaired) electrons. The molecule has 1 aliphatic rings. The highest BCUT2D eigenvalue weighted by atomic mass is 35.5. The molecule has 0 saturated carbocycles. The molecule has 0 aliphatic carbocycles. The van der Waals surface area contributed by atoms with Crippen molar-refractivity contribution in [3.8, 4) is 11.1 Å². The van der Waals surface area contributed by atoms with Gasteiger partial charge in [0, 0.05) is 16.3 Å². The van der Waals surface area contributed by atoms with Crippen molar-refractivity contribution in [1.82, 2.24) is 10.2 Å². The molecular formula is C31H34ClN3O7S. The van der Waals surface area contributed by atoms with Gasteiger partial charge in [-0.1, -0.05) is 35.9 Å². The predicted molar refractivity (Wildman–Crippen MR) is 164 cm³/mol. The van der Waals surface area contributed by atoms with Gasteiger partial charge in [-0.15, -0.1) is 0 Å². The lowest BCUT2D eigenvalue weighted by atomic mass is 9.89. The molecule has 1 aliphatic heterocycles. The second-order valence-corrected chi connectivity index (χ2v) is 13.8. The van der Waals surface area contributed by atoms with E-state index in [1.54, 1.807) is 84.0 Å². The van der Waals surface area contributed by atoms with Crippen LogP contribution in [-0.4, -0.2) is 60.6 Å². The first kappa shape index (κ1) is 31.8. The molecule has 0 bridgehead atoms. The highest BCUT2D eigenvalue weighted by Crippen LogP contribution is 2.30. The monoisotopic (exact) mass is 627 g/mol. The lowest BCUT2D eigenvalue weighted by molar-refractivity contribution is -0.151. The number of carboxylic acids is 1. The van der Waals surface area contributed by atoms with E-state index in [0.29, 0.717) is 33.0 Å². The molecule has 10 nitrogen and oxygen atoms in total. The van der Waals surface area contributed by atoms with Gasteiger partial charge in [-0.3, -0.25) is 9.52 Å². The maximum atomic E-state index is 13.2. The van der Waals surface area contributed by atoms with E-state index in [1.165, 1.54) is 11.0 Å². The van der Waals surface area contributed by atoms with E-state index in [2.05, 4.69) is 10.0 Å². The topological polar surface area (TPSA) is 142 Å². The Morgan fingerprint density at radius 1 is 0.930 bits per heavy atom. The van der Waals surface area contributed by atoms with Gasteiger partial charge in [0.2, 0.25) is 0 Å². The fraction of sp³-hybridized carbons (Fsp3) is 0.323. The van der Waals surface area contributed by atoms with Crippen LogP contribution in [0.15, 0.2) is 59.5 Å². The van der Waals surface area contributed by atoms with Crippen LogP contribution in [0, 0.1) is 20.8 Å². The third-order valence-electron chi connectivity index (χ3n) is 7.00. The van der Waals surface area contributed by atoms with E-state index in [9.17, 15) is 27.9 Å². The van der Waals surface area contributed by atoms with Gasteiger partial charge in [0.1, 0.15) is 5.60 Å². The van der Waals surface area contributed by atoms with Crippen LogP contribution in [0.3, 0.4) is 0 Å². The molecular weight excluding hydrogens is 594 g/mol. The summed E-state index contributed by atoms with van der Waals surface area (Å²) in [6.45, 7) is 9.81. The van der Waals surface area contributed by atoms with E-state index in [4.69, 9.17) is 16.3 Å². The third-order valence-corrected chi connectivity index (χ3v) is 8.93. The van der Waals surface area contributed by atoms with Crippen molar-refractivity contribution in [2.75, 3.05) is 17.8 Å². The van der Waals surface area contributed by atoms with Gasteiger partial charge < -0.3 is 20.1 Å². The summed E-state index contributed by atoms with van der Waals surface area (Å²) in [7, 11) is -3.89. The van der Waals surface area contributed by atoms with Gasteiger partial charge >= 0.3 is 12.1 Å². The van der Waals surface area contributed by atoms with Crippen molar-refractivity contribution in [2.24, 2.45) is 0 Å². The number of ether oxygens (including phenoxy) is 1. The highest BCUT2D eigenvalue weighted by Gasteiger charge is 2.53. The molecule has 12 heteroatoms. The van der Waals surface area contributed by atoms with Crippen LogP contribution in [0.5, 0.6) is 0 Å². The third kappa shape index (κ3) is 6.94. The average Bonchev–Trinajstić information content (AvgIpc) is 2.86. The van der Waals surface area contributed by atoms with Gasteiger partial charge in [-0.25, -0.2) is 18.0 Å². The number of anilines is 1. The minimum atomic E-state index is -3.89. The molecule has 3 aromatic rings. The normalized spacial score (nSPS) is 14.4. The molecule has 4 rings (SSSR count). The van der Waals surface area contributed by atoms with Crippen molar-refractivity contribution in [1.29, 1.82) is 0 Å². The van der Waals surface area contributed by atoms with Crippen molar-refractivity contribution >= 4 is 45.3 Å². The number of aryl methyl sites for hydroxylation is 3. The van der Waals surface area contributed by atoms with Crippen LogP contribution in [0.2, 0.25) is 5.02 Å². The number of sulfonamides is 1. The average molecular weight is 628 g/mol. The fourth-order valence-electron chi connectivity index (χ4n) is 4.73. The Morgan fingerprint density at radius 3 is 2.19 bits per heavy atom. The Kier molecular flexibility index (Phi) is 8.54. The molecule has 1 fully saturated rings. The zero-order valence-corrected chi connectivity index (χ0v) is 26.3. The number of benzene rings is 3. The number of carbonyl (C=O) groups excluding carboxylic acids is 2. The van der Waals surface area contributed by atoms with Crippen LogP contribution in [0.1, 0.15) is 47.8 Å². The highest BCUT2D eigenvalue weighted by molar-refractivity contribution is 7.92. The first-order valence-corrected chi connectivity index (χ1v) is 15.3. The number of halogens is 1. The lowest BCUT2D eigenvalue weighted by Crippen LogP contribution is -2.75. The van der Waals surface area contributed by atoms with Crippen LogP contribution >= 0.6 is 11.6 Å². The molecule has 43 heavy (non-hydrogen) atoms. The molecule has 3 aromatic carbocycles. The minimum Gasteiger partial charge on any atom is -0.479 e. The number of amides is 2. The quantitative estimate of drug-likeness (QED) is 0.312. The van der Waals surface area contributed by atoms with Gasteiger partial charge in [-0.2, -0.15) is 0 Å². The molecule has 0 spiro atoms. The number of carbonyl (C=O) groups is 3. The molecule has 2 amide bonds. The zero-order valence-electron chi connectivity index (χ0n) is 24.7. The van der Waals surface area contributed by atoms with Crippen molar-refractivity contribution in [2.45, 2.75) is 57.6 Å². The summed E-state index contributed by atoms with van der Waals surface area (Å²) >= 11 is 6.13. The molecule has 3 N–H and O–H groups in total. The smallest absolute Gasteiger partial charge is 0.410 e. The van der Waals surface area contributed by atoms with E-state index in [0.717, 1.165) is 5.56 Å². The van der Waals surface area contributed by atoms with Crippen molar-refractivity contribution in [3.63, 3.8) is 0 Å². The summed E-state index contributed by atoms with van der Waals surface area (Å²) in [5.74, 6) is -1.84. The molecule has 1 heterocycles. The number of nitrogens with zero attached hydrogens (tertiary/aromatic N) is 1. The van der Waals surface area contributed by atoms with Gasteiger partial charge in [0.15, 0.2) is 5.54 Å². The Hall–Kier alpha value is -4.09. The van der Waals surface area contributed by atoms with Crippen molar-refractivity contribution in [3.05, 3.63) is 81.9 Å². The summed E-state index contributed by atoms with van der Waals surface area (Å²) in [6, 6.07) is 15.0. The number of hydrogen-bond donors (Lipinski definition) is 3. The summed E-state index contributed by atoms with van der Waals surface area (Å²) in [4.78, 5) is 38.9. The first-order chi connectivity index (χ1) is 19.9. The maximum Gasteiger partial charge on any atom is 0.410 e. The Balaban J connectivity index is 1.50. The van der Waals surface area contributed by atoms with Gasteiger partial charge in [0.25, 0.3) is 15.9 Å². The summed E-state index contributed by atoms with van der Waals surface area (Å²) in [5.41, 5.74) is 1.43. The fourth-order valence-corrected chi connectivity index (χ4v) is 6.31. The summed E-state index contributed by atoms with van der Waals surface area (Å²) in [6.07, 6.45) is -0.651. The Labute approximate surface area is 256 Å². The van der Waals surface area contributed by atoms with Gasteiger partial charge in [0.05, 0.1) is 18.0 Å². The lowest BCUT2D eigenvalue weighted by Gasteiger charge is -2.47. The van der Waals surface area contributed by atoms with E-state index in [-0.39, 0.29) is 23.5 Å². The van der Waals surface area contributed by atoms with E-state index in [1.807, 2.05) is 6.07 Å². The Bertz CT molecular complexity index is 1730. The summed E-state index contributed by atoms with van der Waals surface area (Å²) < 4.78 is 34.2. The molecule has 1 saturated heterocycles. The number of aliphatic carboxylic acids is 1. The number of carboxylic acid groups (broad SMARTS) is 1. The van der Waals surface area contributed by atoms with E-state index < -0.39 is 39.1 Å². The maximum absolute atomic E-state index is 13.2. The SMILES string of the molecule is Cc1cc(S(=O)(=O)Nc2cccc(-c3ccc(C(=O)NC4(C(=O)O)CN(C(=O)OC(C)(C)C)C4)c(C)c3)c2)c(C)cc1Cl. The van der Waals surface area contributed by atoms with Crippen molar-refractivity contribution < 1.29 is 32.6 Å². The second-order valence-electron chi connectivity index (χ2n) is 11.8. The first-order valence-electron chi connectivity index (χ1n) is 13.5. The number of rotatable bonds is 7. The van der Waals surface area contributed by atoms with Crippen LogP contribution < -0.4 is 10.0 Å².